The molecule has 4 nitrogen and oxygen atoms in total. The Morgan fingerprint density at radius 3 is 2.57 bits per heavy atom. The van der Waals surface area contributed by atoms with Crippen LogP contribution in [-0.4, -0.2) is 35.6 Å². The summed E-state index contributed by atoms with van der Waals surface area (Å²) in [5, 5.41) is 3.65. The largest absolute Gasteiger partial charge is 0.357 e. The van der Waals surface area contributed by atoms with E-state index in [4.69, 9.17) is 0 Å². The van der Waals surface area contributed by atoms with Crippen molar-refractivity contribution in [3.8, 4) is 0 Å². The van der Waals surface area contributed by atoms with E-state index >= 15 is 0 Å². The van der Waals surface area contributed by atoms with Crippen LogP contribution in [-0.2, 0) is 6.42 Å². The predicted molar refractivity (Wildman–Crippen MR) is 88.8 cm³/mol. The van der Waals surface area contributed by atoms with Crippen LogP contribution in [0, 0.1) is 0 Å². The first-order valence-electron chi connectivity index (χ1n) is 8.51. The SMILES string of the molecule is CCCNC1CCC(N(C)c2cc(CCC)ncn2)CC1. The van der Waals surface area contributed by atoms with Crippen molar-refractivity contribution >= 4 is 5.82 Å². The zero-order chi connectivity index (χ0) is 15.1. The molecule has 1 aromatic heterocycles. The third-order valence-corrected chi connectivity index (χ3v) is 4.50. The van der Waals surface area contributed by atoms with Gasteiger partial charge in [0, 0.05) is 30.9 Å². The Morgan fingerprint density at radius 2 is 1.90 bits per heavy atom. The molecule has 1 heterocycles. The van der Waals surface area contributed by atoms with Gasteiger partial charge in [-0.25, -0.2) is 9.97 Å². The van der Waals surface area contributed by atoms with E-state index in [2.05, 4.69) is 47.1 Å². The van der Waals surface area contributed by atoms with Gasteiger partial charge in [0.25, 0.3) is 0 Å². The standard InChI is InChI=1S/C17H30N4/c1-4-6-15-12-17(20-13-19-15)21(3)16-9-7-14(8-10-16)18-11-5-2/h12-14,16,18H,4-11H2,1-3H3. The summed E-state index contributed by atoms with van der Waals surface area (Å²) in [7, 11) is 2.18. The molecule has 0 aliphatic heterocycles. The van der Waals surface area contributed by atoms with Crippen LogP contribution in [0.4, 0.5) is 5.82 Å². The normalized spacial score (nSPS) is 22.2. The molecule has 0 atom stereocenters. The molecule has 1 saturated carbocycles. The van der Waals surface area contributed by atoms with Gasteiger partial charge in [-0.1, -0.05) is 20.3 Å². The molecule has 0 bridgehead atoms. The maximum Gasteiger partial charge on any atom is 0.132 e. The Morgan fingerprint density at radius 1 is 1.14 bits per heavy atom. The van der Waals surface area contributed by atoms with Gasteiger partial charge in [0.2, 0.25) is 0 Å². The van der Waals surface area contributed by atoms with E-state index in [0.29, 0.717) is 6.04 Å². The van der Waals surface area contributed by atoms with Gasteiger partial charge in [0.15, 0.2) is 0 Å². The van der Waals surface area contributed by atoms with E-state index in [1.165, 1.54) is 32.1 Å². The van der Waals surface area contributed by atoms with Gasteiger partial charge in [0.1, 0.15) is 12.1 Å². The second-order valence-corrected chi connectivity index (χ2v) is 6.19. The molecule has 118 valence electrons. The van der Waals surface area contributed by atoms with E-state index < -0.39 is 0 Å². The van der Waals surface area contributed by atoms with Gasteiger partial charge < -0.3 is 10.2 Å². The molecule has 0 radical (unpaired) electrons. The first-order valence-corrected chi connectivity index (χ1v) is 8.51. The molecule has 0 amide bonds. The van der Waals surface area contributed by atoms with E-state index in [1.807, 2.05) is 0 Å². The Labute approximate surface area is 129 Å². The second kappa shape index (κ2) is 8.32. The molecular formula is C17H30N4. The molecule has 1 fully saturated rings. The van der Waals surface area contributed by atoms with Crippen LogP contribution in [0.15, 0.2) is 12.4 Å². The van der Waals surface area contributed by atoms with Gasteiger partial charge in [-0.3, -0.25) is 0 Å². The summed E-state index contributed by atoms with van der Waals surface area (Å²) < 4.78 is 0. The smallest absolute Gasteiger partial charge is 0.132 e. The monoisotopic (exact) mass is 290 g/mol. The van der Waals surface area contributed by atoms with Crippen molar-refractivity contribution < 1.29 is 0 Å². The quantitative estimate of drug-likeness (QED) is 0.837. The van der Waals surface area contributed by atoms with E-state index in [-0.39, 0.29) is 0 Å². The summed E-state index contributed by atoms with van der Waals surface area (Å²) in [6.07, 6.45) is 10.2. The fourth-order valence-corrected chi connectivity index (χ4v) is 3.17. The average molecular weight is 290 g/mol. The van der Waals surface area contributed by atoms with Crippen molar-refractivity contribution in [1.29, 1.82) is 0 Å². The highest BCUT2D eigenvalue weighted by Gasteiger charge is 2.24. The topological polar surface area (TPSA) is 41.0 Å². The molecule has 0 saturated heterocycles. The summed E-state index contributed by atoms with van der Waals surface area (Å²) in [5.41, 5.74) is 1.16. The first-order chi connectivity index (χ1) is 10.2. The maximum absolute atomic E-state index is 4.46. The molecule has 0 spiro atoms. The van der Waals surface area contributed by atoms with Crippen LogP contribution in [0.5, 0.6) is 0 Å². The van der Waals surface area contributed by atoms with Crippen molar-refractivity contribution in [3.63, 3.8) is 0 Å². The van der Waals surface area contributed by atoms with Crippen LogP contribution in [0.25, 0.3) is 0 Å². The molecule has 1 aliphatic rings. The van der Waals surface area contributed by atoms with Crippen LogP contribution >= 0.6 is 0 Å². The minimum Gasteiger partial charge on any atom is -0.357 e. The Hall–Kier alpha value is -1.16. The van der Waals surface area contributed by atoms with Crippen LogP contribution in [0.3, 0.4) is 0 Å². The zero-order valence-corrected chi connectivity index (χ0v) is 13.8. The van der Waals surface area contributed by atoms with Crippen LogP contribution in [0.2, 0.25) is 0 Å². The van der Waals surface area contributed by atoms with Crippen molar-refractivity contribution in [1.82, 2.24) is 15.3 Å². The van der Waals surface area contributed by atoms with Gasteiger partial charge in [-0.15, -0.1) is 0 Å². The average Bonchev–Trinajstić information content (AvgIpc) is 2.53. The molecule has 1 aromatic rings. The number of hydrogen-bond donors (Lipinski definition) is 1. The molecule has 1 aliphatic carbocycles. The third kappa shape index (κ3) is 4.67. The Bertz CT molecular complexity index is 413. The summed E-state index contributed by atoms with van der Waals surface area (Å²) in [4.78, 5) is 11.2. The first kappa shape index (κ1) is 16.2. The Balaban J connectivity index is 1.89. The number of nitrogens with one attached hydrogen (secondary N) is 1. The molecular weight excluding hydrogens is 260 g/mol. The minimum absolute atomic E-state index is 0.619. The number of hydrogen-bond acceptors (Lipinski definition) is 4. The van der Waals surface area contributed by atoms with Gasteiger partial charge >= 0.3 is 0 Å². The molecule has 4 heteroatoms. The minimum atomic E-state index is 0.619. The maximum atomic E-state index is 4.46. The lowest BCUT2D eigenvalue weighted by Gasteiger charge is -2.35. The lowest BCUT2D eigenvalue weighted by molar-refractivity contribution is 0.336. The highest BCUT2D eigenvalue weighted by molar-refractivity contribution is 5.39. The predicted octanol–water partition coefficient (Wildman–Crippen LogP) is 3.18. The second-order valence-electron chi connectivity index (χ2n) is 6.19. The summed E-state index contributed by atoms with van der Waals surface area (Å²) in [5.74, 6) is 1.08. The fraction of sp³-hybridized carbons (Fsp3) is 0.765. The molecule has 21 heavy (non-hydrogen) atoms. The van der Waals surface area contributed by atoms with Crippen molar-refractivity contribution in [2.24, 2.45) is 0 Å². The number of aryl methyl sites for hydroxylation is 1. The fourth-order valence-electron chi connectivity index (χ4n) is 3.17. The van der Waals surface area contributed by atoms with Crippen molar-refractivity contribution in [2.45, 2.75) is 70.9 Å². The molecule has 1 N–H and O–H groups in total. The van der Waals surface area contributed by atoms with E-state index in [1.54, 1.807) is 6.33 Å². The van der Waals surface area contributed by atoms with Crippen molar-refractivity contribution in [2.75, 3.05) is 18.5 Å². The number of nitrogens with zero attached hydrogens (tertiary/aromatic N) is 3. The highest BCUT2D eigenvalue weighted by Crippen LogP contribution is 2.25. The number of anilines is 1. The molecule has 0 unspecified atom stereocenters. The van der Waals surface area contributed by atoms with Gasteiger partial charge in [-0.2, -0.15) is 0 Å². The zero-order valence-electron chi connectivity index (χ0n) is 13.8. The summed E-state index contributed by atoms with van der Waals surface area (Å²) in [6.45, 7) is 5.57. The number of rotatable bonds is 7. The Kier molecular flexibility index (Phi) is 6.43. The van der Waals surface area contributed by atoms with Crippen LogP contribution < -0.4 is 10.2 Å². The highest BCUT2D eigenvalue weighted by atomic mass is 15.2. The summed E-state index contributed by atoms with van der Waals surface area (Å²) in [6, 6.07) is 3.50. The van der Waals surface area contributed by atoms with Gasteiger partial charge in [0.05, 0.1) is 0 Å². The lowest BCUT2D eigenvalue weighted by Crippen LogP contribution is -2.41. The third-order valence-electron chi connectivity index (χ3n) is 4.50. The van der Waals surface area contributed by atoms with E-state index in [0.717, 1.165) is 36.9 Å². The van der Waals surface area contributed by atoms with E-state index in [9.17, 15) is 0 Å². The van der Waals surface area contributed by atoms with Gasteiger partial charge in [-0.05, 0) is 45.1 Å². The molecule has 2 rings (SSSR count). The van der Waals surface area contributed by atoms with Crippen LogP contribution in [0.1, 0.15) is 58.1 Å². The molecule has 0 aromatic carbocycles. The lowest BCUT2D eigenvalue weighted by atomic mass is 9.90. The summed E-state index contributed by atoms with van der Waals surface area (Å²) >= 11 is 0. The van der Waals surface area contributed by atoms with Crippen molar-refractivity contribution in [3.05, 3.63) is 18.1 Å². The number of aromatic nitrogens is 2.